The minimum absolute atomic E-state index is 0.0547. The number of amides is 1. The van der Waals surface area contributed by atoms with Crippen molar-refractivity contribution in [2.75, 3.05) is 25.3 Å². The highest BCUT2D eigenvalue weighted by Gasteiger charge is 2.33. The van der Waals surface area contributed by atoms with Crippen LogP contribution in [0.25, 0.3) is 16.9 Å². The van der Waals surface area contributed by atoms with E-state index in [1.165, 1.54) is 0 Å². The van der Waals surface area contributed by atoms with Gasteiger partial charge in [0, 0.05) is 11.1 Å². The van der Waals surface area contributed by atoms with Gasteiger partial charge in [-0.15, -0.1) is 11.8 Å². The minimum atomic E-state index is -0.133. The lowest BCUT2D eigenvalue weighted by atomic mass is 9.99. The lowest BCUT2D eigenvalue weighted by Gasteiger charge is -2.18. The summed E-state index contributed by atoms with van der Waals surface area (Å²) in [6, 6.07) is 25.8. The molecule has 2 heterocycles. The van der Waals surface area contributed by atoms with Crippen molar-refractivity contribution in [1.82, 2.24) is 9.78 Å². The van der Waals surface area contributed by atoms with Gasteiger partial charge in [-0.2, -0.15) is 5.10 Å². The second-order valence-corrected chi connectivity index (χ2v) is 8.67. The molecule has 1 aliphatic rings. The molecule has 4 aromatic rings. The molecule has 1 atom stereocenters. The van der Waals surface area contributed by atoms with E-state index >= 15 is 0 Å². The maximum Gasteiger partial charge on any atom is 0.235 e. The van der Waals surface area contributed by atoms with Crippen LogP contribution in [0.3, 0.4) is 0 Å². The molecule has 6 nitrogen and oxygen atoms in total. The lowest BCUT2D eigenvalue weighted by Crippen LogP contribution is -2.15. The van der Waals surface area contributed by atoms with E-state index in [9.17, 15) is 4.79 Å². The Labute approximate surface area is 196 Å². The van der Waals surface area contributed by atoms with Gasteiger partial charge in [-0.05, 0) is 29.8 Å². The Morgan fingerprint density at radius 3 is 2.33 bits per heavy atom. The third-order valence-corrected chi connectivity index (χ3v) is 6.85. The van der Waals surface area contributed by atoms with Gasteiger partial charge >= 0.3 is 0 Å². The summed E-state index contributed by atoms with van der Waals surface area (Å²) in [6.45, 7) is 0. The number of hydrogen-bond acceptors (Lipinski definition) is 5. The summed E-state index contributed by atoms with van der Waals surface area (Å²) in [5.74, 6) is 2.28. The molecule has 0 aliphatic carbocycles. The summed E-state index contributed by atoms with van der Waals surface area (Å²) >= 11 is 1.58. The van der Waals surface area contributed by atoms with E-state index in [0.717, 1.165) is 28.1 Å². The molecular weight excluding hydrogens is 434 g/mol. The molecule has 33 heavy (non-hydrogen) atoms. The van der Waals surface area contributed by atoms with Gasteiger partial charge in [0.05, 0.1) is 36.6 Å². The van der Waals surface area contributed by atoms with Crippen LogP contribution in [0.4, 0.5) is 5.82 Å². The first-order valence-corrected chi connectivity index (χ1v) is 11.6. The first-order valence-electron chi connectivity index (χ1n) is 10.6. The van der Waals surface area contributed by atoms with E-state index in [4.69, 9.17) is 14.6 Å². The average Bonchev–Trinajstić information content (AvgIpc) is 3.14. The molecule has 1 aromatic heterocycles. The van der Waals surface area contributed by atoms with E-state index < -0.39 is 0 Å². The second kappa shape index (κ2) is 9.03. The van der Waals surface area contributed by atoms with E-state index in [1.54, 1.807) is 26.0 Å². The van der Waals surface area contributed by atoms with E-state index in [2.05, 4.69) is 5.32 Å². The highest BCUT2D eigenvalue weighted by molar-refractivity contribution is 8.00. The fraction of sp³-hybridized carbons (Fsp3) is 0.154. The van der Waals surface area contributed by atoms with Crippen LogP contribution in [-0.4, -0.2) is 35.7 Å². The number of rotatable bonds is 5. The molecule has 0 spiro atoms. The van der Waals surface area contributed by atoms with Crippen molar-refractivity contribution in [3.05, 3.63) is 90.0 Å². The molecule has 1 aliphatic heterocycles. The predicted molar refractivity (Wildman–Crippen MR) is 131 cm³/mol. The van der Waals surface area contributed by atoms with Crippen molar-refractivity contribution in [2.45, 2.75) is 5.25 Å². The molecule has 0 saturated heterocycles. The Morgan fingerprint density at radius 2 is 1.64 bits per heavy atom. The number of ether oxygens (including phenoxy) is 2. The first kappa shape index (κ1) is 21.2. The lowest BCUT2D eigenvalue weighted by molar-refractivity contribution is -0.113. The van der Waals surface area contributed by atoms with Crippen LogP contribution >= 0.6 is 11.8 Å². The Kier molecular flexibility index (Phi) is 5.79. The number of para-hydroxylation sites is 1. The molecule has 3 aromatic carbocycles. The third-order valence-electron chi connectivity index (χ3n) is 5.58. The van der Waals surface area contributed by atoms with Gasteiger partial charge in [0.2, 0.25) is 5.91 Å². The molecule has 5 rings (SSSR count). The molecule has 1 N–H and O–H groups in total. The standard InChI is InChI=1S/C26H23N3O3S/c1-31-20-14-13-18(15-21(20)32-2)25-23-24(17-9-5-3-6-10-17)28-29(19-11-7-4-8-12-19)26(23)27-22(30)16-33-25/h3-15,25H,16H2,1-2H3,(H,27,30)/t25-/m1/s1. The van der Waals surface area contributed by atoms with Gasteiger partial charge in [-0.1, -0.05) is 54.6 Å². The van der Waals surface area contributed by atoms with Crippen molar-refractivity contribution < 1.29 is 14.3 Å². The number of fused-ring (bicyclic) bond motifs is 1. The molecule has 0 bridgehead atoms. The number of nitrogens with one attached hydrogen (secondary N) is 1. The summed E-state index contributed by atoms with van der Waals surface area (Å²) in [4.78, 5) is 12.8. The van der Waals surface area contributed by atoms with Crippen LogP contribution in [-0.2, 0) is 4.79 Å². The first-order chi connectivity index (χ1) is 16.2. The van der Waals surface area contributed by atoms with Gasteiger partial charge < -0.3 is 14.8 Å². The number of anilines is 1. The minimum Gasteiger partial charge on any atom is -0.493 e. The normalized spacial score (nSPS) is 15.3. The molecule has 0 fully saturated rings. The van der Waals surface area contributed by atoms with E-state index in [1.807, 2.05) is 83.5 Å². The zero-order chi connectivity index (χ0) is 22.8. The number of carbonyl (C=O) groups is 1. The molecule has 0 radical (unpaired) electrons. The monoisotopic (exact) mass is 457 g/mol. The maximum absolute atomic E-state index is 12.8. The van der Waals surface area contributed by atoms with Crippen LogP contribution in [0.2, 0.25) is 0 Å². The van der Waals surface area contributed by atoms with Gasteiger partial charge in [0.25, 0.3) is 0 Å². The zero-order valence-electron chi connectivity index (χ0n) is 18.3. The number of nitrogens with zero attached hydrogens (tertiary/aromatic N) is 2. The number of carbonyl (C=O) groups excluding carboxylic acids is 1. The van der Waals surface area contributed by atoms with Gasteiger partial charge in [-0.3, -0.25) is 4.79 Å². The van der Waals surface area contributed by atoms with Crippen molar-refractivity contribution in [2.24, 2.45) is 0 Å². The third kappa shape index (κ3) is 3.96. The SMILES string of the molecule is COc1ccc([C@H]2SCC(=O)Nc3c2c(-c2ccccc2)nn3-c2ccccc2)cc1OC. The number of benzene rings is 3. The number of aromatic nitrogens is 2. The number of methoxy groups -OCH3 is 2. The van der Waals surface area contributed by atoms with Gasteiger partial charge in [0.15, 0.2) is 11.5 Å². The van der Waals surface area contributed by atoms with Crippen LogP contribution in [0.1, 0.15) is 16.4 Å². The average molecular weight is 458 g/mol. The topological polar surface area (TPSA) is 65.4 Å². The zero-order valence-corrected chi connectivity index (χ0v) is 19.1. The Hall–Kier alpha value is -3.71. The number of hydrogen-bond donors (Lipinski definition) is 1. The summed E-state index contributed by atoms with van der Waals surface area (Å²) < 4.78 is 12.8. The second-order valence-electron chi connectivity index (χ2n) is 7.58. The summed E-state index contributed by atoms with van der Waals surface area (Å²) in [5, 5.41) is 7.98. The highest BCUT2D eigenvalue weighted by atomic mass is 32.2. The maximum atomic E-state index is 12.8. The van der Waals surface area contributed by atoms with Crippen LogP contribution in [0, 0.1) is 0 Å². The quantitative estimate of drug-likeness (QED) is 0.439. The number of thioether (sulfide) groups is 1. The highest BCUT2D eigenvalue weighted by Crippen LogP contribution is 2.48. The molecule has 1 amide bonds. The van der Waals surface area contributed by atoms with Crippen molar-refractivity contribution >= 4 is 23.5 Å². The fourth-order valence-electron chi connectivity index (χ4n) is 4.05. The van der Waals surface area contributed by atoms with E-state index in [0.29, 0.717) is 23.1 Å². The van der Waals surface area contributed by atoms with Crippen LogP contribution in [0.5, 0.6) is 11.5 Å². The Bertz CT molecular complexity index is 1290. The van der Waals surface area contributed by atoms with Crippen molar-refractivity contribution in [1.29, 1.82) is 0 Å². The smallest absolute Gasteiger partial charge is 0.235 e. The Balaban J connectivity index is 1.76. The largest absolute Gasteiger partial charge is 0.493 e. The molecular formula is C26H23N3O3S. The Morgan fingerprint density at radius 1 is 0.939 bits per heavy atom. The molecule has 7 heteroatoms. The fourth-order valence-corrected chi connectivity index (χ4v) is 5.17. The van der Waals surface area contributed by atoms with Crippen molar-refractivity contribution in [3.8, 4) is 28.4 Å². The van der Waals surface area contributed by atoms with Gasteiger partial charge in [-0.25, -0.2) is 4.68 Å². The molecule has 0 saturated carbocycles. The summed E-state index contributed by atoms with van der Waals surface area (Å²) in [6.07, 6.45) is 0. The molecule has 0 unspecified atom stereocenters. The van der Waals surface area contributed by atoms with Crippen molar-refractivity contribution in [3.63, 3.8) is 0 Å². The predicted octanol–water partition coefficient (Wildman–Crippen LogP) is 5.33. The molecule has 166 valence electrons. The summed E-state index contributed by atoms with van der Waals surface area (Å²) in [7, 11) is 3.25. The van der Waals surface area contributed by atoms with Crippen LogP contribution < -0.4 is 14.8 Å². The summed E-state index contributed by atoms with van der Waals surface area (Å²) in [5.41, 5.74) is 4.69. The van der Waals surface area contributed by atoms with E-state index in [-0.39, 0.29) is 11.2 Å². The van der Waals surface area contributed by atoms with Crippen LogP contribution in [0.15, 0.2) is 78.9 Å². The van der Waals surface area contributed by atoms with Gasteiger partial charge in [0.1, 0.15) is 5.82 Å².